The van der Waals surface area contributed by atoms with E-state index < -0.39 is 11.1 Å². The molecule has 0 saturated heterocycles. The van der Waals surface area contributed by atoms with Crippen LogP contribution < -0.4 is 0 Å². The third-order valence-electron chi connectivity index (χ3n) is 3.16. The maximum absolute atomic E-state index is 11.1. The lowest BCUT2D eigenvalue weighted by Crippen LogP contribution is -1.97. The van der Waals surface area contributed by atoms with Crippen molar-refractivity contribution in [2.75, 3.05) is 0 Å². The van der Waals surface area contributed by atoms with Crippen molar-refractivity contribution < 1.29 is 8.76 Å². The second kappa shape index (κ2) is 5.63. The predicted molar refractivity (Wildman–Crippen MR) is 78.6 cm³/mol. The Balaban J connectivity index is 2.68. The van der Waals surface area contributed by atoms with Crippen molar-refractivity contribution in [3.05, 3.63) is 51.5 Å². The molecular weight excluding hydrogens is 303 g/mol. The summed E-state index contributed by atoms with van der Waals surface area (Å²) in [5, 5.41) is 0.954. The van der Waals surface area contributed by atoms with Crippen LogP contribution in [0.15, 0.2) is 35.2 Å². The minimum Gasteiger partial charge on any atom is -0.768 e. The van der Waals surface area contributed by atoms with Crippen LogP contribution >= 0.6 is 23.2 Å². The molecule has 0 aliphatic rings. The fourth-order valence-corrected chi connectivity index (χ4v) is 2.96. The summed E-state index contributed by atoms with van der Waals surface area (Å²) in [6, 6.07) is 8.74. The number of benzene rings is 2. The summed E-state index contributed by atoms with van der Waals surface area (Å²) >= 11 is 9.97. The highest BCUT2D eigenvalue weighted by atomic mass is 35.5. The Bertz CT molecular complexity index is 669. The average molecular weight is 314 g/mol. The van der Waals surface area contributed by atoms with E-state index in [1.54, 1.807) is 25.1 Å². The van der Waals surface area contributed by atoms with E-state index in [1.165, 1.54) is 0 Å². The molecule has 2 rings (SSSR count). The van der Waals surface area contributed by atoms with Crippen LogP contribution in [0.2, 0.25) is 10.0 Å². The van der Waals surface area contributed by atoms with Gasteiger partial charge in [0.2, 0.25) is 0 Å². The van der Waals surface area contributed by atoms with Gasteiger partial charge in [0.1, 0.15) is 0 Å². The second-order valence-corrected chi connectivity index (χ2v) is 5.89. The smallest absolute Gasteiger partial charge is 0.0670 e. The summed E-state index contributed by atoms with van der Waals surface area (Å²) in [5.74, 6) is 0. The minimum absolute atomic E-state index is 0.305. The van der Waals surface area contributed by atoms with Gasteiger partial charge in [0.15, 0.2) is 0 Å². The molecule has 1 atom stereocenters. The Morgan fingerprint density at radius 2 is 1.68 bits per heavy atom. The maximum Gasteiger partial charge on any atom is 0.0670 e. The molecule has 0 heterocycles. The first-order valence-corrected chi connectivity index (χ1v) is 7.40. The molecule has 0 aliphatic carbocycles. The molecule has 5 heteroatoms. The quantitative estimate of drug-likeness (QED) is 0.765. The highest BCUT2D eigenvalue weighted by Crippen LogP contribution is 2.36. The van der Waals surface area contributed by atoms with E-state index >= 15 is 0 Å². The van der Waals surface area contributed by atoms with Crippen LogP contribution in [0.4, 0.5) is 0 Å². The molecule has 0 amide bonds. The van der Waals surface area contributed by atoms with Crippen molar-refractivity contribution >= 4 is 34.3 Å². The zero-order chi connectivity index (χ0) is 14.2. The molecule has 0 fully saturated rings. The molecule has 0 radical (unpaired) electrons. The van der Waals surface area contributed by atoms with E-state index in [1.807, 2.05) is 19.1 Å². The maximum atomic E-state index is 11.1. The zero-order valence-corrected chi connectivity index (χ0v) is 12.7. The highest BCUT2D eigenvalue weighted by Gasteiger charge is 2.12. The highest BCUT2D eigenvalue weighted by molar-refractivity contribution is 7.79. The summed E-state index contributed by atoms with van der Waals surface area (Å²) in [5.41, 5.74) is 3.30. The van der Waals surface area contributed by atoms with Crippen LogP contribution in [0.1, 0.15) is 11.1 Å². The van der Waals surface area contributed by atoms with Gasteiger partial charge >= 0.3 is 0 Å². The van der Waals surface area contributed by atoms with Crippen LogP contribution in [-0.2, 0) is 11.1 Å². The number of halogens is 2. The summed E-state index contributed by atoms with van der Waals surface area (Å²) in [7, 11) is 0. The zero-order valence-electron chi connectivity index (χ0n) is 10.4. The largest absolute Gasteiger partial charge is 0.768 e. The van der Waals surface area contributed by atoms with E-state index in [9.17, 15) is 8.76 Å². The molecule has 2 nitrogen and oxygen atoms in total. The van der Waals surface area contributed by atoms with E-state index in [0.29, 0.717) is 14.9 Å². The first kappa shape index (κ1) is 14.5. The van der Waals surface area contributed by atoms with Crippen molar-refractivity contribution in [1.29, 1.82) is 0 Å². The Hall–Kier alpha value is -0.870. The van der Waals surface area contributed by atoms with Crippen LogP contribution in [-0.4, -0.2) is 8.76 Å². The van der Waals surface area contributed by atoms with Crippen LogP contribution in [0, 0.1) is 13.8 Å². The molecule has 0 aromatic heterocycles. The fourth-order valence-electron chi connectivity index (χ4n) is 1.98. The van der Waals surface area contributed by atoms with E-state index in [0.717, 1.165) is 22.3 Å². The topological polar surface area (TPSA) is 40.1 Å². The molecule has 2 aromatic rings. The Morgan fingerprint density at radius 1 is 1.00 bits per heavy atom. The molecule has 0 spiro atoms. The lowest BCUT2D eigenvalue weighted by atomic mass is 9.97. The first-order valence-electron chi connectivity index (χ1n) is 5.57. The van der Waals surface area contributed by atoms with Crippen molar-refractivity contribution in [2.24, 2.45) is 0 Å². The van der Waals surface area contributed by atoms with Crippen molar-refractivity contribution in [3.63, 3.8) is 0 Å². The summed E-state index contributed by atoms with van der Waals surface area (Å²) in [6.07, 6.45) is 0. The predicted octanol–water partition coefficient (Wildman–Crippen LogP) is 4.52. The van der Waals surface area contributed by atoms with E-state index in [2.05, 4.69) is 0 Å². The normalized spacial score (nSPS) is 12.5. The van der Waals surface area contributed by atoms with Crippen LogP contribution in [0.5, 0.6) is 0 Å². The third kappa shape index (κ3) is 2.70. The fraction of sp³-hybridized carbons (Fsp3) is 0.143. The summed E-state index contributed by atoms with van der Waals surface area (Å²) in [4.78, 5) is 0.305. The molecular formula is C14H11Cl2O2S-. The molecule has 1 unspecified atom stereocenters. The van der Waals surface area contributed by atoms with Crippen molar-refractivity contribution in [3.8, 4) is 11.1 Å². The van der Waals surface area contributed by atoms with E-state index in [4.69, 9.17) is 23.2 Å². The van der Waals surface area contributed by atoms with Gasteiger partial charge in [-0.05, 0) is 53.8 Å². The van der Waals surface area contributed by atoms with Crippen LogP contribution in [0.25, 0.3) is 11.1 Å². The lowest BCUT2D eigenvalue weighted by Gasteiger charge is -2.16. The van der Waals surface area contributed by atoms with Gasteiger partial charge in [0.05, 0.1) is 10.0 Å². The standard InChI is InChI=1S/C14H12Cl2O2S/c1-8-9(2)13(19(17)18)7-6-10(8)11-4-3-5-12(15)14(11)16/h3-7H,1-2H3,(H,17,18)/p-1. The monoisotopic (exact) mass is 313 g/mol. The number of hydrogen-bond donors (Lipinski definition) is 0. The molecule has 0 saturated carbocycles. The SMILES string of the molecule is Cc1c(-c2cccc(Cl)c2Cl)ccc(S(=O)[O-])c1C. The molecule has 0 aliphatic heterocycles. The van der Waals surface area contributed by atoms with Gasteiger partial charge in [0.25, 0.3) is 0 Å². The van der Waals surface area contributed by atoms with Gasteiger partial charge in [-0.15, -0.1) is 0 Å². The van der Waals surface area contributed by atoms with Gasteiger partial charge in [0, 0.05) is 10.5 Å². The Labute approximate surface area is 124 Å². The molecule has 19 heavy (non-hydrogen) atoms. The minimum atomic E-state index is -2.23. The van der Waals surface area contributed by atoms with E-state index in [-0.39, 0.29) is 0 Å². The van der Waals surface area contributed by atoms with Gasteiger partial charge in [-0.2, -0.15) is 0 Å². The average Bonchev–Trinajstić information content (AvgIpc) is 2.36. The summed E-state index contributed by atoms with van der Waals surface area (Å²) in [6.45, 7) is 3.65. The summed E-state index contributed by atoms with van der Waals surface area (Å²) < 4.78 is 22.2. The van der Waals surface area contributed by atoms with Crippen molar-refractivity contribution in [2.45, 2.75) is 18.7 Å². The van der Waals surface area contributed by atoms with Crippen molar-refractivity contribution in [1.82, 2.24) is 0 Å². The Kier molecular flexibility index (Phi) is 4.31. The molecule has 0 bridgehead atoms. The van der Waals surface area contributed by atoms with Gasteiger partial charge < -0.3 is 4.55 Å². The van der Waals surface area contributed by atoms with Gasteiger partial charge in [-0.1, -0.05) is 41.4 Å². The molecule has 100 valence electrons. The second-order valence-electron chi connectivity index (χ2n) is 4.20. The molecule has 2 aromatic carbocycles. The third-order valence-corrected chi connectivity index (χ3v) is 4.78. The number of rotatable bonds is 2. The molecule has 0 N–H and O–H groups in total. The Morgan fingerprint density at radius 3 is 2.32 bits per heavy atom. The van der Waals surface area contributed by atoms with Gasteiger partial charge in [-0.25, -0.2) is 0 Å². The van der Waals surface area contributed by atoms with Gasteiger partial charge in [-0.3, -0.25) is 4.21 Å². The number of hydrogen-bond acceptors (Lipinski definition) is 2. The van der Waals surface area contributed by atoms with Crippen LogP contribution in [0.3, 0.4) is 0 Å². The first-order chi connectivity index (χ1) is 8.93. The lowest BCUT2D eigenvalue weighted by molar-refractivity contribution is 0.536.